The predicted molar refractivity (Wildman–Crippen MR) is 59.0 cm³/mol. The molecule has 0 atom stereocenters. The van der Waals surface area contributed by atoms with Crippen molar-refractivity contribution >= 4 is 11.9 Å². The average Bonchev–Trinajstić information content (AvgIpc) is 2.55. The Bertz CT molecular complexity index is 293. The summed E-state index contributed by atoms with van der Waals surface area (Å²) in [6.45, 7) is 0.630. The van der Waals surface area contributed by atoms with E-state index in [1.54, 1.807) is 4.90 Å². The van der Waals surface area contributed by atoms with Gasteiger partial charge in [0.1, 0.15) is 5.54 Å². The Balaban J connectivity index is 2.25. The van der Waals surface area contributed by atoms with Gasteiger partial charge >= 0.3 is 5.97 Å². The highest BCUT2D eigenvalue weighted by atomic mass is 16.4. The van der Waals surface area contributed by atoms with E-state index in [-0.39, 0.29) is 5.91 Å². The molecule has 1 saturated heterocycles. The van der Waals surface area contributed by atoms with Gasteiger partial charge in [-0.25, -0.2) is 4.79 Å². The Hall–Kier alpha value is -1.06. The molecule has 2 aliphatic rings. The summed E-state index contributed by atoms with van der Waals surface area (Å²) in [5.41, 5.74) is -0.885. The van der Waals surface area contributed by atoms with Crippen molar-refractivity contribution < 1.29 is 14.7 Å². The fourth-order valence-corrected chi connectivity index (χ4v) is 3.01. The minimum atomic E-state index is -0.885. The summed E-state index contributed by atoms with van der Waals surface area (Å²) in [6, 6.07) is 0. The molecule has 0 aromatic carbocycles. The Labute approximate surface area is 95.6 Å². The van der Waals surface area contributed by atoms with E-state index in [0.29, 0.717) is 25.8 Å². The molecule has 4 heteroatoms. The highest BCUT2D eigenvalue weighted by molar-refractivity contribution is 5.88. The first-order chi connectivity index (χ1) is 7.67. The van der Waals surface area contributed by atoms with Crippen LogP contribution in [0.5, 0.6) is 0 Å². The van der Waals surface area contributed by atoms with Gasteiger partial charge in [-0.2, -0.15) is 0 Å². The first-order valence-electron chi connectivity index (χ1n) is 6.21. The third-order valence-electron chi connectivity index (χ3n) is 3.92. The molecule has 0 radical (unpaired) electrons. The summed E-state index contributed by atoms with van der Waals surface area (Å²) in [6.07, 6.45) is 6.64. The lowest BCUT2D eigenvalue weighted by Gasteiger charge is -2.37. The van der Waals surface area contributed by atoms with Crippen LogP contribution in [0.3, 0.4) is 0 Å². The quantitative estimate of drug-likeness (QED) is 0.729. The molecule has 2 fully saturated rings. The molecule has 0 unspecified atom stereocenters. The van der Waals surface area contributed by atoms with Crippen molar-refractivity contribution in [2.75, 3.05) is 6.54 Å². The third kappa shape index (κ3) is 1.81. The first kappa shape index (κ1) is 11.4. The van der Waals surface area contributed by atoms with Crippen LogP contribution in [0, 0.1) is 0 Å². The molecule has 1 saturated carbocycles. The lowest BCUT2D eigenvalue weighted by atomic mass is 9.88. The van der Waals surface area contributed by atoms with Gasteiger partial charge in [0.05, 0.1) is 0 Å². The molecule has 0 spiro atoms. The summed E-state index contributed by atoms with van der Waals surface area (Å²) < 4.78 is 0. The second-order valence-corrected chi connectivity index (χ2v) is 4.90. The number of carboxylic acids is 1. The van der Waals surface area contributed by atoms with Crippen LogP contribution in [0.1, 0.15) is 51.4 Å². The molecule has 1 heterocycles. The Morgan fingerprint density at radius 3 is 2.19 bits per heavy atom. The van der Waals surface area contributed by atoms with Crippen LogP contribution in [0.4, 0.5) is 0 Å². The van der Waals surface area contributed by atoms with Gasteiger partial charge in [-0.15, -0.1) is 0 Å². The van der Waals surface area contributed by atoms with E-state index in [0.717, 1.165) is 32.1 Å². The van der Waals surface area contributed by atoms with Crippen molar-refractivity contribution in [2.45, 2.75) is 56.9 Å². The number of carbonyl (C=O) groups excluding carboxylic acids is 1. The summed E-state index contributed by atoms with van der Waals surface area (Å²) in [4.78, 5) is 25.0. The SMILES string of the molecule is O=C1CCCN1C1(C(=O)O)CCCCCC1. The minimum Gasteiger partial charge on any atom is -0.479 e. The van der Waals surface area contributed by atoms with Crippen molar-refractivity contribution in [2.24, 2.45) is 0 Å². The number of carboxylic acid groups (broad SMARTS) is 1. The van der Waals surface area contributed by atoms with E-state index in [9.17, 15) is 14.7 Å². The van der Waals surface area contributed by atoms with E-state index < -0.39 is 11.5 Å². The van der Waals surface area contributed by atoms with E-state index in [4.69, 9.17) is 0 Å². The standard InChI is InChI=1S/C12H19NO3/c14-10-6-5-9-13(10)12(11(15)16)7-3-1-2-4-8-12/h1-9H2,(H,15,16). The number of aliphatic carboxylic acids is 1. The number of hydrogen-bond donors (Lipinski definition) is 1. The van der Waals surface area contributed by atoms with Crippen molar-refractivity contribution in [1.82, 2.24) is 4.90 Å². The number of amides is 1. The van der Waals surface area contributed by atoms with E-state index in [2.05, 4.69) is 0 Å². The lowest BCUT2D eigenvalue weighted by Crippen LogP contribution is -2.54. The maximum atomic E-state index is 11.8. The zero-order valence-corrected chi connectivity index (χ0v) is 9.57. The number of rotatable bonds is 2. The number of hydrogen-bond acceptors (Lipinski definition) is 2. The highest BCUT2D eigenvalue weighted by Gasteiger charge is 2.47. The average molecular weight is 225 g/mol. The molecule has 0 aromatic rings. The van der Waals surface area contributed by atoms with Gasteiger partial charge in [-0.3, -0.25) is 4.79 Å². The van der Waals surface area contributed by atoms with Gasteiger partial charge in [-0.05, 0) is 19.3 Å². The van der Waals surface area contributed by atoms with Crippen LogP contribution < -0.4 is 0 Å². The molecule has 1 N–H and O–H groups in total. The van der Waals surface area contributed by atoms with E-state index >= 15 is 0 Å². The maximum absolute atomic E-state index is 11.8. The largest absolute Gasteiger partial charge is 0.479 e. The van der Waals surface area contributed by atoms with Crippen LogP contribution in [-0.4, -0.2) is 34.0 Å². The van der Waals surface area contributed by atoms with Crippen LogP contribution in [0.25, 0.3) is 0 Å². The van der Waals surface area contributed by atoms with Gasteiger partial charge < -0.3 is 10.0 Å². The van der Waals surface area contributed by atoms with Gasteiger partial charge in [0.2, 0.25) is 5.91 Å². The van der Waals surface area contributed by atoms with Gasteiger partial charge in [0, 0.05) is 13.0 Å². The van der Waals surface area contributed by atoms with E-state index in [1.807, 2.05) is 0 Å². The van der Waals surface area contributed by atoms with Gasteiger partial charge in [0.25, 0.3) is 0 Å². The predicted octanol–water partition coefficient (Wildman–Crippen LogP) is 1.79. The van der Waals surface area contributed by atoms with Crippen LogP contribution >= 0.6 is 0 Å². The molecule has 1 aliphatic heterocycles. The fraction of sp³-hybridized carbons (Fsp3) is 0.833. The smallest absolute Gasteiger partial charge is 0.329 e. The fourth-order valence-electron chi connectivity index (χ4n) is 3.01. The Morgan fingerprint density at radius 1 is 1.12 bits per heavy atom. The Morgan fingerprint density at radius 2 is 1.75 bits per heavy atom. The van der Waals surface area contributed by atoms with E-state index in [1.165, 1.54) is 0 Å². The molecular weight excluding hydrogens is 206 g/mol. The van der Waals surface area contributed by atoms with Crippen molar-refractivity contribution in [3.05, 3.63) is 0 Å². The Kier molecular flexibility index (Phi) is 3.17. The zero-order chi connectivity index (χ0) is 11.6. The number of carbonyl (C=O) groups is 2. The molecule has 1 amide bonds. The molecule has 16 heavy (non-hydrogen) atoms. The molecule has 2 rings (SSSR count). The van der Waals surface area contributed by atoms with Crippen LogP contribution in [-0.2, 0) is 9.59 Å². The summed E-state index contributed by atoms with van der Waals surface area (Å²) in [5.74, 6) is -0.769. The van der Waals surface area contributed by atoms with Crippen LogP contribution in [0.2, 0.25) is 0 Å². The molecule has 1 aliphatic carbocycles. The second kappa shape index (κ2) is 4.44. The van der Waals surface area contributed by atoms with Crippen molar-refractivity contribution in [3.8, 4) is 0 Å². The second-order valence-electron chi connectivity index (χ2n) is 4.90. The maximum Gasteiger partial charge on any atom is 0.329 e. The summed E-state index contributed by atoms with van der Waals surface area (Å²) >= 11 is 0. The molecule has 0 aromatic heterocycles. The van der Waals surface area contributed by atoms with Crippen LogP contribution in [0.15, 0.2) is 0 Å². The van der Waals surface area contributed by atoms with Crippen molar-refractivity contribution in [1.29, 1.82) is 0 Å². The van der Waals surface area contributed by atoms with Gasteiger partial charge in [-0.1, -0.05) is 25.7 Å². The lowest BCUT2D eigenvalue weighted by molar-refractivity contribution is -0.158. The van der Waals surface area contributed by atoms with Crippen molar-refractivity contribution in [3.63, 3.8) is 0 Å². The normalized spacial score (nSPS) is 25.5. The zero-order valence-electron chi connectivity index (χ0n) is 9.57. The molecule has 0 bridgehead atoms. The topological polar surface area (TPSA) is 57.6 Å². The summed E-state index contributed by atoms with van der Waals surface area (Å²) in [7, 11) is 0. The first-order valence-corrected chi connectivity index (χ1v) is 6.21. The number of likely N-dealkylation sites (tertiary alicyclic amines) is 1. The highest BCUT2D eigenvalue weighted by Crippen LogP contribution is 2.35. The molecule has 90 valence electrons. The third-order valence-corrected chi connectivity index (χ3v) is 3.92. The monoisotopic (exact) mass is 225 g/mol. The van der Waals surface area contributed by atoms with Gasteiger partial charge in [0.15, 0.2) is 0 Å². The minimum absolute atomic E-state index is 0.0318. The number of nitrogens with zero attached hydrogens (tertiary/aromatic N) is 1. The molecule has 4 nitrogen and oxygen atoms in total. The summed E-state index contributed by atoms with van der Waals surface area (Å²) in [5, 5.41) is 9.50. The molecular formula is C12H19NO3.